The van der Waals surface area contributed by atoms with Crippen LogP contribution in [-0.4, -0.2) is 42.5 Å². The second-order valence-corrected chi connectivity index (χ2v) is 4.97. The second-order valence-electron chi connectivity index (χ2n) is 4.57. The van der Waals surface area contributed by atoms with E-state index in [-0.39, 0.29) is 5.82 Å². The van der Waals surface area contributed by atoms with Gasteiger partial charge < -0.3 is 0 Å². The van der Waals surface area contributed by atoms with Gasteiger partial charge in [-0.2, -0.15) is 0 Å². The van der Waals surface area contributed by atoms with Crippen molar-refractivity contribution in [3.63, 3.8) is 0 Å². The minimum absolute atomic E-state index is 0.212. The van der Waals surface area contributed by atoms with Crippen molar-refractivity contribution in [3.8, 4) is 0 Å². The molecule has 1 aromatic rings. The average Bonchev–Trinajstić information content (AvgIpc) is 2.36. The lowest BCUT2D eigenvalue weighted by Crippen LogP contribution is -2.45. The van der Waals surface area contributed by atoms with Crippen LogP contribution in [0.5, 0.6) is 0 Å². The van der Waals surface area contributed by atoms with Gasteiger partial charge in [0.15, 0.2) is 0 Å². The van der Waals surface area contributed by atoms with Crippen molar-refractivity contribution in [1.29, 1.82) is 0 Å². The molecule has 0 spiro atoms. The third-order valence-electron chi connectivity index (χ3n) is 3.30. The first kappa shape index (κ1) is 13.5. The lowest BCUT2D eigenvalue weighted by Gasteiger charge is -2.34. The highest BCUT2D eigenvalue weighted by molar-refractivity contribution is 6.31. The molecule has 4 heteroatoms. The van der Waals surface area contributed by atoms with Gasteiger partial charge in [-0.05, 0) is 12.1 Å². The van der Waals surface area contributed by atoms with Crippen molar-refractivity contribution < 1.29 is 4.39 Å². The molecule has 18 heavy (non-hydrogen) atoms. The molecule has 2 rings (SSSR count). The molecule has 1 saturated heterocycles. The minimum atomic E-state index is -0.212. The highest BCUT2D eigenvalue weighted by Gasteiger charge is 2.18. The normalized spacial score (nSPS) is 17.9. The Kier molecular flexibility index (Phi) is 4.75. The molecule has 1 aromatic carbocycles. The molecule has 0 unspecified atom stereocenters. The summed E-state index contributed by atoms with van der Waals surface area (Å²) in [7, 11) is 0. The fourth-order valence-corrected chi connectivity index (χ4v) is 2.44. The Morgan fingerprint density at radius 3 is 2.50 bits per heavy atom. The Bertz CT molecular complexity index is 394. The molecule has 0 saturated carbocycles. The van der Waals surface area contributed by atoms with E-state index >= 15 is 0 Å². The van der Waals surface area contributed by atoms with Gasteiger partial charge in [-0.3, -0.25) is 9.80 Å². The molecule has 1 heterocycles. The van der Waals surface area contributed by atoms with Gasteiger partial charge >= 0.3 is 0 Å². The summed E-state index contributed by atoms with van der Waals surface area (Å²) in [5, 5.41) is 0.517. The van der Waals surface area contributed by atoms with E-state index in [0.29, 0.717) is 17.1 Å². The van der Waals surface area contributed by atoms with Gasteiger partial charge in [0, 0.05) is 49.9 Å². The van der Waals surface area contributed by atoms with E-state index in [1.54, 1.807) is 12.1 Å². The lowest BCUT2D eigenvalue weighted by molar-refractivity contribution is 0.136. The molecule has 98 valence electrons. The molecule has 1 fully saturated rings. The molecular weight excluding hydrogens is 251 g/mol. The van der Waals surface area contributed by atoms with Gasteiger partial charge in [0.1, 0.15) is 5.82 Å². The molecule has 0 N–H and O–H groups in total. The van der Waals surface area contributed by atoms with Crippen molar-refractivity contribution in [2.45, 2.75) is 6.54 Å². The molecular formula is C14H18ClFN2. The fraction of sp³-hybridized carbons (Fsp3) is 0.429. The Balaban J connectivity index is 1.93. The number of hydrogen-bond donors (Lipinski definition) is 0. The molecule has 0 amide bonds. The van der Waals surface area contributed by atoms with E-state index in [2.05, 4.69) is 16.4 Å². The van der Waals surface area contributed by atoms with Crippen LogP contribution in [0, 0.1) is 5.82 Å². The summed E-state index contributed by atoms with van der Waals surface area (Å²) in [6, 6.07) is 4.85. The summed E-state index contributed by atoms with van der Waals surface area (Å²) < 4.78 is 13.7. The van der Waals surface area contributed by atoms with Crippen LogP contribution in [0.25, 0.3) is 0 Å². The number of halogens is 2. The largest absolute Gasteiger partial charge is 0.297 e. The molecule has 0 bridgehead atoms. The molecule has 0 radical (unpaired) electrons. The van der Waals surface area contributed by atoms with E-state index in [1.807, 2.05) is 6.08 Å². The smallest absolute Gasteiger partial charge is 0.129 e. The molecule has 0 aliphatic carbocycles. The predicted octanol–water partition coefficient (Wildman–Crippen LogP) is 2.78. The van der Waals surface area contributed by atoms with Crippen molar-refractivity contribution in [3.05, 3.63) is 47.3 Å². The van der Waals surface area contributed by atoms with E-state index < -0.39 is 0 Å². The van der Waals surface area contributed by atoms with Gasteiger partial charge in [0.05, 0.1) is 0 Å². The van der Waals surface area contributed by atoms with Crippen LogP contribution in [-0.2, 0) is 6.54 Å². The highest BCUT2D eigenvalue weighted by Crippen LogP contribution is 2.21. The van der Waals surface area contributed by atoms with Crippen molar-refractivity contribution >= 4 is 11.6 Å². The highest BCUT2D eigenvalue weighted by atomic mass is 35.5. The number of piperazine rings is 1. The summed E-state index contributed by atoms with van der Waals surface area (Å²) in [5.41, 5.74) is 0.608. The van der Waals surface area contributed by atoms with Crippen molar-refractivity contribution in [2.24, 2.45) is 0 Å². The van der Waals surface area contributed by atoms with E-state index in [0.717, 1.165) is 32.7 Å². The standard InChI is InChI=1S/C14H18ClFN2/c1-2-6-17-7-9-18(10-8-17)11-12-13(15)4-3-5-14(12)16/h2-5H,1,6-11H2. The van der Waals surface area contributed by atoms with Crippen LogP contribution in [0.15, 0.2) is 30.9 Å². The zero-order valence-electron chi connectivity index (χ0n) is 10.4. The predicted molar refractivity (Wildman–Crippen MR) is 73.3 cm³/mol. The van der Waals surface area contributed by atoms with Gasteiger partial charge in [0.25, 0.3) is 0 Å². The molecule has 1 aliphatic heterocycles. The summed E-state index contributed by atoms with van der Waals surface area (Å²) in [6.45, 7) is 9.14. The Morgan fingerprint density at radius 1 is 1.22 bits per heavy atom. The SMILES string of the molecule is C=CCN1CCN(Cc2c(F)cccc2Cl)CC1. The Labute approximate surface area is 113 Å². The number of rotatable bonds is 4. The van der Waals surface area contributed by atoms with Crippen LogP contribution in [0.1, 0.15) is 5.56 Å². The van der Waals surface area contributed by atoms with Crippen LogP contribution in [0.4, 0.5) is 4.39 Å². The summed E-state index contributed by atoms with van der Waals surface area (Å²) in [6.07, 6.45) is 1.92. The van der Waals surface area contributed by atoms with Gasteiger partial charge in [0.2, 0.25) is 0 Å². The van der Waals surface area contributed by atoms with Crippen molar-refractivity contribution in [1.82, 2.24) is 9.80 Å². The third kappa shape index (κ3) is 3.31. The first-order chi connectivity index (χ1) is 8.70. The first-order valence-electron chi connectivity index (χ1n) is 6.19. The molecule has 1 aliphatic rings. The maximum absolute atomic E-state index is 13.7. The maximum atomic E-state index is 13.7. The minimum Gasteiger partial charge on any atom is -0.297 e. The zero-order chi connectivity index (χ0) is 13.0. The average molecular weight is 269 g/mol. The van der Waals surface area contributed by atoms with E-state index in [1.165, 1.54) is 6.07 Å². The summed E-state index contributed by atoms with van der Waals surface area (Å²) in [5.74, 6) is -0.212. The number of nitrogens with zero attached hydrogens (tertiary/aromatic N) is 2. The molecule has 0 aromatic heterocycles. The number of hydrogen-bond acceptors (Lipinski definition) is 2. The summed E-state index contributed by atoms with van der Waals surface area (Å²) >= 11 is 6.04. The third-order valence-corrected chi connectivity index (χ3v) is 3.65. The number of benzene rings is 1. The summed E-state index contributed by atoms with van der Waals surface area (Å²) in [4.78, 5) is 4.58. The Morgan fingerprint density at radius 2 is 1.89 bits per heavy atom. The van der Waals surface area contributed by atoms with Crippen molar-refractivity contribution in [2.75, 3.05) is 32.7 Å². The first-order valence-corrected chi connectivity index (χ1v) is 6.57. The quantitative estimate of drug-likeness (QED) is 0.775. The monoisotopic (exact) mass is 268 g/mol. The van der Waals surface area contributed by atoms with Gasteiger partial charge in [-0.1, -0.05) is 23.7 Å². The van der Waals surface area contributed by atoms with Crippen LogP contribution in [0.2, 0.25) is 5.02 Å². The maximum Gasteiger partial charge on any atom is 0.129 e. The van der Waals surface area contributed by atoms with Gasteiger partial charge in [-0.15, -0.1) is 6.58 Å². The second kappa shape index (κ2) is 6.32. The van der Waals surface area contributed by atoms with Crippen LogP contribution >= 0.6 is 11.6 Å². The molecule has 0 atom stereocenters. The van der Waals surface area contributed by atoms with E-state index in [9.17, 15) is 4.39 Å². The molecule has 2 nitrogen and oxygen atoms in total. The zero-order valence-corrected chi connectivity index (χ0v) is 11.2. The Hall–Kier alpha value is -0.900. The van der Waals surface area contributed by atoms with Crippen LogP contribution < -0.4 is 0 Å². The van der Waals surface area contributed by atoms with E-state index in [4.69, 9.17) is 11.6 Å². The van der Waals surface area contributed by atoms with Crippen LogP contribution in [0.3, 0.4) is 0 Å². The fourth-order valence-electron chi connectivity index (χ4n) is 2.22. The topological polar surface area (TPSA) is 6.48 Å². The lowest BCUT2D eigenvalue weighted by atomic mass is 10.2. The van der Waals surface area contributed by atoms with Gasteiger partial charge in [-0.25, -0.2) is 4.39 Å².